The second-order valence-electron chi connectivity index (χ2n) is 6.68. The average Bonchev–Trinajstić information content (AvgIpc) is 2.86. The molecular formula is C30H42N6. The zero-order valence-electron chi connectivity index (χ0n) is 20.7. The molecule has 0 saturated carbocycles. The Hall–Kier alpha value is -5.41. The molecule has 1 aromatic heterocycles. The van der Waals surface area contributed by atoms with Gasteiger partial charge in [0.15, 0.2) is 0 Å². The summed E-state index contributed by atoms with van der Waals surface area (Å²) in [6.45, 7) is 5.97. The summed E-state index contributed by atoms with van der Waals surface area (Å²) >= 11 is 0. The van der Waals surface area contributed by atoms with E-state index in [-0.39, 0.29) is 11.4 Å². The first-order chi connectivity index (χ1) is 17.5. The third-order valence-electron chi connectivity index (χ3n) is 4.05. The molecule has 3 N–H and O–H groups in total. The second kappa shape index (κ2) is 21.4. The van der Waals surface area contributed by atoms with Gasteiger partial charge in [-0.3, -0.25) is 0 Å². The lowest BCUT2D eigenvalue weighted by Crippen LogP contribution is -1.99. The summed E-state index contributed by atoms with van der Waals surface area (Å²) in [5.41, 5.74) is 22.8. The number of anilines is 1. The lowest BCUT2D eigenvalue weighted by molar-refractivity contribution is 0.658. The highest BCUT2D eigenvalue weighted by atomic mass is 15.0. The van der Waals surface area contributed by atoms with Crippen molar-refractivity contribution in [3.8, 4) is 83.4 Å². The summed E-state index contributed by atoms with van der Waals surface area (Å²) in [5, 5.41) is 0. The highest BCUT2D eigenvalue weighted by molar-refractivity contribution is 5.78. The number of aromatic nitrogens is 2. The van der Waals surface area contributed by atoms with Crippen molar-refractivity contribution in [2.24, 2.45) is 0 Å². The summed E-state index contributed by atoms with van der Waals surface area (Å²) in [6, 6.07) is 5.71. The topological polar surface area (TPSA) is 112 Å². The summed E-state index contributed by atoms with van der Waals surface area (Å²) in [6.07, 6.45) is 10.9. The molecule has 0 atom stereocenters. The fourth-order valence-corrected chi connectivity index (χ4v) is 2.53. The first kappa shape index (κ1) is 30.6. The molecule has 1 heterocycles. The molecule has 1 aromatic carbocycles. The molecule has 6 nitrogen and oxygen atoms in total. The van der Waals surface area contributed by atoms with Crippen LogP contribution in [-0.2, 0) is 6.42 Å². The van der Waals surface area contributed by atoms with Crippen molar-refractivity contribution in [1.82, 2.24) is 9.97 Å². The summed E-state index contributed by atoms with van der Waals surface area (Å²) in [4.78, 5) is 11.0. The van der Waals surface area contributed by atoms with Gasteiger partial charge in [0.25, 0.3) is 0 Å². The van der Waals surface area contributed by atoms with Crippen molar-refractivity contribution in [2.75, 3.05) is 5.73 Å². The third kappa shape index (κ3) is 15.4. The quantitative estimate of drug-likeness (QED) is 0.117. The number of nitrogens with two attached hydrogens (primary N) is 1. The normalized spacial score (nSPS) is 7.28. The Morgan fingerprint density at radius 1 is 0.917 bits per heavy atom. The number of hydrogen-bond acceptors (Lipinski definition) is 4. The molecule has 6 heteroatoms. The second-order valence-corrected chi connectivity index (χ2v) is 6.68. The molecule has 0 amide bonds. The Bertz CT molecular complexity index is 1500. The number of nitrogens with one attached hydrogen (secondary N) is 1. The Morgan fingerprint density at radius 2 is 1.47 bits per heavy atom. The fraction of sp³-hybridized carbons (Fsp3) is 0.267. The molecule has 0 aliphatic rings. The molecule has 0 fully saturated rings. The zero-order valence-corrected chi connectivity index (χ0v) is 20.7. The van der Waals surface area contributed by atoms with E-state index in [2.05, 4.69) is 88.9 Å². The molecule has 0 bridgehead atoms. The highest BCUT2D eigenvalue weighted by Crippen LogP contribution is 2.17. The molecule has 192 valence electrons. The van der Waals surface area contributed by atoms with Crippen molar-refractivity contribution in [3.05, 3.63) is 40.0 Å². The average molecular weight is 487 g/mol. The Morgan fingerprint density at radius 3 is 2.00 bits per heavy atom. The number of terminal acetylenes is 1. The van der Waals surface area contributed by atoms with Gasteiger partial charge in [-0.05, 0) is 126 Å². The molecular weight excluding hydrogens is 444 g/mol. The molecule has 2 aromatic rings. The standard InChI is InChI=1S/C15H21N3.C15H4.HN3.8H2/c1-3-4-5-6-7-13-11(2)17-14-9-8-12(16)10-15(14)18-13;1-3-5-7-9-11-13-15-14-12-10-8-6-4-2;1-3-2;;;;;;;;/h8-10H,3-7,16H2,1-2H3;1H,2H3;1H;8*1H. The number of aryl methyl sites for hydroxylation is 2. The van der Waals surface area contributed by atoms with E-state index in [9.17, 15) is 0 Å². The number of benzene rings is 1. The number of fused-ring (bicyclic) bond motifs is 1. The van der Waals surface area contributed by atoms with Crippen LogP contribution < -0.4 is 5.73 Å². The highest BCUT2D eigenvalue weighted by Gasteiger charge is 2.05. The maximum atomic E-state index is 6.86. The van der Waals surface area contributed by atoms with Crippen LogP contribution in [0, 0.1) is 95.8 Å². The van der Waals surface area contributed by atoms with Gasteiger partial charge in [0.1, 0.15) is 0 Å². The number of unbranched alkanes of at least 4 members (excludes halogenated alkanes) is 3. The van der Waals surface area contributed by atoms with Gasteiger partial charge in [0.2, 0.25) is 0 Å². The molecule has 0 saturated heterocycles. The Balaban J connectivity index is -0.0000000631. The van der Waals surface area contributed by atoms with Crippen molar-refractivity contribution >= 4 is 16.7 Å². The number of nitrogens with zero attached hydrogens (tertiary/aromatic N) is 4. The van der Waals surface area contributed by atoms with E-state index in [1.807, 2.05) is 25.1 Å². The number of nitrogen functional groups attached to an aromatic ring is 1. The van der Waals surface area contributed by atoms with Gasteiger partial charge in [-0.2, -0.15) is 0 Å². The van der Waals surface area contributed by atoms with E-state index < -0.39 is 0 Å². The molecule has 2 rings (SSSR count). The summed E-state index contributed by atoms with van der Waals surface area (Å²) in [7, 11) is 0. The van der Waals surface area contributed by atoms with Crippen LogP contribution >= 0.6 is 0 Å². The van der Waals surface area contributed by atoms with Crippen molar-refractivity contribution in [1.29, 1.82) is 5.53 Å². The predicted octanol–water partition coefficient (Wildman–Crippen LogP) is 7.15. The first-order valence-corrected chi connectivity index (χ1v) is 10.9. The molecule has 0 aliphatic heterocycles. The largest absolute Gasteiger partial charge is 0.399 e. The summed E-state index contributed by atoms with van der Waals surface area (Å²) < 4.78 is 0. The monoisotopic (exact) mass is 486 g/mol. The van der Waals surface area contributed by atoms with Crippen molar-refractivity contribution in [2.45, 2.75) is 52.9 Å². The first-order valence-electron chi connectivity index (χ1n) is 10.9. The number of hydrogen-bond donors (Lipinski definition) is 2. The van der Waals surface area contributed by atoms with Crippen molar-refractivity contribution in [3.63, 3.8) is 0 Å². The Kier molecular flexibility index (Phi) is 18.2. The lowest BCUT2D eigenvalue weighted by atomic mass is 10.1. The van der Waals surface area contributed by atoms with E-state index in [0.717, 1.165) is 34.5 Å². The molecule has 0 unspecified atom stereocenters. The van der Waals surface area contributed by atoms with Gasteiger partial charge in [0, 0.05) is 17.1 Å². The minimum Gasteiger partial charge on any atom is -0.399 e. The van der Waals surface area contributed by atoms with Gasteiger partial charge in [-0.25, -0.2) is 9.97 Å². The van der Waals surface area contributed by atoms with Crippen LogP contribution in [0.25, 0.3) is 21.5 Å². The molecule has 0 aliphatic carbocycles. The van der Waals surface area contributed by atoms with Crippen LogP contribution in [0.15, 0.2) is 18.2 Å². The van der Waals surface area contributed by atoms with Gasteiger partial charge in [0.05, 0.1) is 22.4 Å². The van der Waals surface area contributed by atoms with E-state index >= 15 is 0 Å². The third-order valence-corrected chi connectivity index (χ3v) is 4.05. The zero-order chi connectivity index (χ0) is 26.9. The Labute approximate surface area is 226 Å². The van der Waals surface area contributed by atoms with E-state index in [1.165, 1.54) is 25.7 Å². The minimum atomic E-state index is 0. The van der Waals surface area contributed by atoms with E-state index in [4.69, 9.17) is 28.2 Å². The van der Waals surface area contributed by atoms with Gasteiger partial charge < -0.3 is 5.73 Å². The van der Waals surface area contributed by atoms with Gasteiger partial charge >= 0.3 is 0 Å². The van der Waals surface area contributed by atoms with Crippen LogP contribution in [0.2, 0.25) is 0 Å². The van der Waals surface area contributed by atoms with Crippen molar-refractivity contribution < 1.29 is 11.4 Å². The van der Waals surface area contributed by atoms with Crippen LogP contribution in [-0.4, -0.2) is 9.97 Å². The van der Waals surface area contributed by atoms with Crippen LogP contribution in [0.5, 0.6) is 0 Å². The lowest BCUT2D eigenvalue weighted by Gasteiger charge is -2.07. The molecule has 0 spiro atoms. The van der Waals surface area contributed by atoms with Gasteiger partial charge in [-0.1, -0.05) is 32.1 Å². The smallest absolute Gasteiger partial charge is 0.0910 e. The van der Waals surface area contributed by atoms with Gasteiger partial charge in [-0.15, -0.1) is 12.0 Å². The molecule has 0 radical (unpaired) electrons. The van der Waals surface area contributed by atoms with Crippen LogP contribution in [0.3, 0.4) is 0 Å². The predicted molar refractivity (Wildman–Crippen MR) is 164 cm³/mol. The van der Waals surface area contributed by atoms with E-state index in [0.29, 0.717) is 0 Å². The van der Waals surface area contributed by atoms with Crippen LogP contribution in [0.1, 0.15) is 62.3 Å². The molecule has 36 heavy (non-hydrogen) atoms. The minimum absolute atomic E-state index is 0. The maximum Gasteiger partial charge on any atom is 0.0910 e. The van der Waals surface area contributed by atoms with E-state index in [1.54, 1.807) is 11.8 Å². The van der Waals surface area contributed by atoms with Crippen LogP contribution in [0.4, 0.5) is 5.69 Å². The maximum absolute atomic E-state index is 6.86. The summed E-state index contributed by atoms with van der Waals surface area (Å²) in [5.74, 6) is 31.9. The number of rotatable bonds is 5. The SMILES string of the molecule is C#CC#CC#CC#CC#CC#CC#CC.CCCCCCc1nc2cc(N)ccc2nc1C.[HH].[HH].[HH].[HH].[HH].[HH].[HH].[HH].[N-]=[N+]=N. The fourth-order valence-electron chi connectivity index (χ4n) is 2.53.